The number of amides is 1. The number of benzene rings is 1. The molecule has 1 amide bonds. The largest absolute Gasteiger partial charge is 0.350 e. The predicted molar refractivity (Wildman–Crippen MR) is 114 cm³/mol. The molecule has 3 heterocycles. The number of rotatable bonds is 7. The van der Waals surface area contributed by atoms with Crippen LogP contribution >= 0.6 is 11.3 Å². The lowest BCUT2D eigenvalue weighted by Crippen LogP contribution is -2.22. The van der Waals surface area contributed by atoms with E-state index in [1.807, 2.05) is 24.3 Å². The van der Waals surface area contributed by atoms with Crippen molar-refractivity contribution in [3.05, 3.63) is 70.7 Å². The Balaban J connectivity index is 1.25. The average molecular weight is 422 g/mol. The first-order valence-corrected chi connectivity index (χ1v) is 10.5. The summed E-state index contributed by atoms with van der Waals surface area (Å²) in [7, 11) is 0. The topological polar surface area (TPSA) is 80.7 Å². The summed E-state index contributed by atoms with van der Waals surface area (Å²) in [6.07, 6.45) is 3.55. The van der Waals surface area contributed by atoms with Crippen LogP contribution in [0.5, 0.6) is 0 Å². The van der Waals surface area contributed by atoms with Gasteiger partial charge >= 0.3 is 0 Å². The number of fused-ring (bicyclic) bond motifs is 1. The predicted octanol–water partition coefficient (Wildman–Crippen LogP) is 4.23. The number of carbonyl (C=O) groups excluding carboxylic acids is 1. The summed E-state index contributed by atoms with van der Waals surface area (Å²) in [5.41, 5.74) is 3.04. The molecule has 30 heavy (non-hydrogen) atoms. The zero-order valence-corrected chi connectivity index (χ0v) is 17.2. The van der Waals surface area contributed by atoms with Gasteiger partial charge in [0.05, 0.1) is 6.54 Å². The Morgan fingerprint density at radius 2 is 2.07 bits per heavy atom. The van der Waals surface area contributed by atoms with Gasteiger partial charge in [0.1, 0.15) is 15.8 Å². The maximum absolute atomic E-state index is 13.4. The van der Waals surface area contributed by atoms with Crippen molar-refractivity contribution in [1.82, 2.24) is 25.5 Å². The van der Waals surface area contributed by atoms with Gasteiger partial charge < -0.3 is 5.32 Å². The van der Waals surface area contributed by atoms with Gasteiger partial charge in [-0.05, 0) is 67.8 Å². The Kier molecular flexibility index (Phi) is 6.04. The quantitative estimate of drug-likeness (QED) is 0.483. The van der Waals surface area contributed by atoms with Gasteiger partial charge in [-0.3, -0.25) is 4.79 Å². The number of nitrogens with zero attached hydrogens (tertiary/aromatic N) is 4. The van der Waals surface area contributed by atoms with E-state index in [-0.39, 0.29) is 11.7 Å². The van der Waals surface area contributed by atoms with E-state index in [2.05, 4.69) is 25.5 Å². The third-order valence-electron chi connectivity index (χ3n) is 4.67. The fourth-order valence-electron chi connectivity index (χ4n) is 3.04. The molecule has 0 aliphatic carbocycles. The van der Waals surface area contributed by atoms with E-state index in [4.69, 9.17) is 0 Å². The highest BCUT2D eigenvalue weighted by atomic mass is 32.1. The minimum atomic E-state index is -0.245. The second kappa shape index (κ2) is 9.04. The van der Waals surface area contributed by atoms with Gasteiger partial charge in [0.25, 0.3) is 0 Å². The van der Waals surface area contributed by atoms with Crippen molar-refractivity contribution >= 4 is 28.3 Å². The monoisotopic (exact) mass is 421 g/mol. The number of aryl methyl sites for hydroxylation is 2. The molecule has 0 radical (unpaired) electrons. The van der Waals surface area contributed by atoms with Crippen molar-refractivity contribution in [3.8, 4) is 10.6 Å². The summed E-state index contributed by atoms with van der Waals surface area (Å²) in [5.74, 6) is -0.283. The molecule has 3 aromatic heterocycles. The van der Waals surface area contributed by atoms with Gasteiger partial charge in [-0.2, -0.15) is 0 Å². The molecule has 1 aromatic carbocycles. The molecule has 0 spiro atoms. The number of carbonyl (C=O) groups is 1. The summed E-state index contributed by atoms with van der Waals surface area (Å²) < 4.78 is 13.4. The summed E-state index contributed by atoms with van der Waals surface area (Å²) in [4.78, 5) is 20.9. The smallest absolute Gasteiger partial charge is 0.220 e. The molecule has 0 bridgehead atoms. The highest BCUT2D eigenvalue weighted by Gasteiger charge is 2.10. The first-order chi connectivity index (χ1) is 14.6. The van der Waals surface area contributed by atoms with Crippen molar-refractivity contribution in [1.29, 1.82) is 0 Å². The molecule has 8 heteroatoms. The van der Waals surface area contributed by atoms with Crippen LogP contribution in [0, 0.1) is 12.7 Å². The van der Waals surface area contributed by atoms with E-state index in [1.165, 1.54) is 17.4 Å². The van der Waals surface area contributed by atoms with E-state index in [1.54, 1.807) is 25.3 Å². The van der Waals surface area contributed by atoms with Crippen molar-refractivity contribution in [2.45, 2.75) is 32.7 Å². The van der Waals surface area contributed by atoms with E-state index in [0.29, 0.717) is 41.4 Å². The van der Waals surface area contributed by atoms with Gasteiger partial charge in [-0.1, -0.05) is 11.3 Å². The van der Waals surface area contributed by atoms with E-state index >= 15 is 0 Å². The third-order valence-corrected chi connectivity index (χ3v) is 5.64. The Hall–Kier alpha value is -3.26. The molecular weight excluding hydrogens is 401 g/mol. The molecule has 1 N–H and O–H groups in total. The maximum Gasteiger partial charge on any atom is 0.220 e. The Labute approximate surface area is 177 Å². The molecule has 4 aromatic rings. The second-order valence-electron chi connectivity index (χ2n) is 6.95. The van der Waals surface area contributed by atoms with Crippen LogP contribution in [-0.2, 0) is 17.8 Å². The molecule has 0 saturated heterocycles. The van der Waals surface area contributed by atoms with Crippen molar-refractivity contribution in [2.24, 2.45) is 0 Å². The van der Waals surface area contributed by atoms with Crippen LogP contribution < -0.4 is 5.32 Å². The molecule has 0 atom stereocenters. The van der Waals surface area contributed by atoms with Crippen LogP contribution in [0.1, 0.15) is 29.1 Å². The molecule has 6 nitrogen and oxygen atoms in total. The summed E-state index contributed by atoms with van der Waals surface area (Å²) >= 11 is 1.39. The van der Waals surface area contributed by atoms with Crippen molar-refractivity contribution in [2.75, 3.05) is 0 Å². The van der Waals surface area contributed by atoms with Crippen LogP contribution in [0.2, 0.25) is 0 Å². The summed E-state index contributed by atoms with van der Waals surface area (Å²) in [5, 5.41) is 13.6. The lowest BCUT2D eigenvalue weighted by atomic mass is 10.1. The van der Waals surface area contributed by atoms with Crippen LogP contribution in [0.25, 0.3) is 21.6 Å². The molecule has 0 aliphatic heterocycles. The SMILES string of the molecule is Cc1cc(-c2nnc(CNC(=O)CCCc3ccc4cccnc4n3)s2)ccc1F. The van der Waals surface area contributed by atoms with Crippen LogP contribution in [-0.4, -0.2) is 26.1 Å². The van der Waals surface area contributed by atoms with Gasteiger partial charge in [0, 0.05) is 29.3 Å². The van der Waals surface area contributed by atoms with Gasteiger partial charge in [0.2, 0.25) is 5.91 Å². The highest BCUT2D eigenvalue weighted by molar-refractivity contribution is 7.14. The van der Waals surface area contributed by atoms with E-state index in [0.717, 1.165) is 22.3 Å². The fourth-order valence-corrected chi connectivity index (χ4v) is 3.82. The van der Waals surface area contributed by atoms with E-state index in [9.17, 15) is 9.18 Å². The number of pyridine rings is 2. The summed E-state index contributed by atoms with van der Waals surface area (Å²) in [6, 6.07) is 12.7. The first kappa shape index (κ1) is 20.0. The summed E-state index contributed by atoms with van der Waals surface area (Å²) in [6.45, 7) is 2.04. The Morgan fingerprint density at radius 1 is 1.17 bits per heavy atom. The van der Waals surface area contributed by atoms with Gasteiger partial charge in [0.15, 0.2) is 5.65 Å². The number of aromatic nitrogens is 4. The number of hydrogen-bond acceptors (Lipinski definition) is 6. The zero-order chi connectivity index (χ0) is 20.9. The molecule has 0 aliphatic rings. The standard InChI is InChI=1S/C22H20FN5OS/c1-14-12-16(8-10-18(14)23)22-28-27-20(30-22)13-25-19(29)6-2-5-17-9-7-15-4-3-11-24-21(15)26-17/h3-4,7-12H,2,5-6,13H2,1H3,(H,25,29). The van der Waals surface area contributed by atoms with Crippen molar-refractivity contribution < 1.29 is 9.18 Å². The molecular formula is C22H20FN5OS. The van der Waals surface area contributed by atoms with Crippen LogP contribution in [0.4, 0.5) is 4.39 Å². The minimum Gasteiger partial charge on any atom is -0.350 e. The molecule has 152 valence electrons. The average Bonchev–Trinajstić information content (AvgIpc) is 3.23. The zero-order valence-electron chi connectivity index (χ0n) is 16.4. The molecule has 0 unspecified atom stereocenters. The molecule has 4 rings (SSSR count). The maximum atomic E-state index is 13.4. The lowest BCUT2D eigenvalue weighted by Gasteiger charge is -2.04. The Bertz CT molecular complexity index is 1190. The number of halogens is 1. The lowest BCUT2D eigenvalue weighted by molar-refractivity contribution is -0.121. The normalized spacial score (nSPS) is 11.0. The molecule has 0 fully saturated rings. The number of hydrogen-bond donors (Lipinski definition) is 1. The first-order valence-electron chi connectivity index (χ1n) is 9.65. The Morgan fingerprint density at radius 3 is 2.93 bits per heavy atom. The van der Waals surface area contributed by atoms with Crippen LogP contribution in [0.15, 0.2) is 48.7 Å². The minimum absolute atomic E-state index is 0.0386. The molecule has 0 saturated carbocycles. The van der Waals surface area contributed by atoms with Crippen molar-refractivity contribution in [3.63, 3.8) is 0 Å². The van der Waals surface area contributed by atoms with E-state index < -0.39 is 0 Å². The second-order valence-corrected chi connectivity index (χ2v) is 8.01. The van der Waals surface area contributed by atoms with Gasteiger partial charge in [-0.15, -0.1) is 10.2 Å². The fraction of sp³-hybridized carbons (Fsp3) is 0.227. The highest BCUT2D eigenvalue weighted by Crippen LogP contribution is 2.25. The number of nitrogens with one attached hydrogen (secondary N) is 1. The van der Waals surface area contributed by atoms with Gasteiger partial charge in [-0.25, -0.2) is 14.4 Å². The van der Waals surface area contributed by atoms with Crippen LogP contribution in [0.3, 0.4) is 0 Å². The third kappa shape index (κ3) is 4.83.